The highest BCUT2D eigenvalue weighted by Gasteiger charge is 2.29. The summed E-state index contributed by atoms with van der Waals surface area (Å²) in [5.74, 6) is 0.901. The molecule has 18 heavy (non-hydrogen) atoms. The van der Waals surface area contributed by atoms with Crippen molar-refractivity contribution in [1.29, 1.82) is 0 Å². The number of rotatable bonds is 2. The summed E-state index contributed by atoms with van der Waals surface area (Å²) in [6.07, 6.45) is 7.75. The summed E-state index contributed by atoms with van der Waals surface area (Å²) in [6, 6.07) is 0. The molecule has 5 nitrogen and oxygen atoms in total. The minimum atomic E-state index is 0.648. The average molecular weight is 262 g/mol. The average Bonchev–Trinajstić information content (AvgIpc) is 2.81. The van der Waals surface area contributed by atoms with Crippen molar-refractivity contribution in [2.45, 2.75) is 11.8 Å². The molecule has 6 heteroatoms. The van der Waals surface area contributed by atoms with Crippen LogP contribution in [0, 0.1) is 6.92 Å². The highest BCUT2D eigenvalue weighted by atomic mass is 32.2. The summed E-state index contributed by atoms with van der Waals surface area (Å²) in [4.78, 5) is 17.6. The van der Waals surface area contributed by atoms with Gasteiger partial charge in [-0.1, -0.05) is 0 Å². The number of aryl methyl sites for hydroxylation is 1. The molecule has 3 rings (SSSR count). The van der Waals surface area contributed by atoms with Gasteiger partial charge in [0.1, 0.15) is 12.4 Å². The standard InChI is InChI=1S/C12H14N4OS/c1-8-4-14-12-10(11(8)18-3)13-5-9-6-15(17-2)7-16(9)12/h4-6H,7H2,1-3H3. The zero-order valence-corrected chi connectivity index (χ0v) is 11.4. The quantitative estimate of drug-likeness (QED) is 0.765. The van der Waals surface area contributed by atoms with Crippen molar-refractivity contribution in [2.24, 2.45) is 4.99 Å². The number of anilines is 1. The van der Waals surface area contributed by atoms with Crippen LogP contribution in [0.15, 0.2) is 28.0 Å². The van der Waals surface area contributed by atoms with Gasteiger partial charge in [0.05, 0.1) is 25.2 Å². The third-order valence-corrected chi connectivity index (χ3v) is 3.98. The summed E-state index contributed by atoms with van der Waals surface area (Å²) < 4.78 is 0. The van der Waals surface area contributed by atoms with Crippen LogP contribution in [0.3, 0.4) is 0 Å². The summed E-state index contributed by atoms with van der Waals surface area (Å²) in [7, 11) is 1.66. The molecular formula is C12H14N4OS. The van der Waals surface area contributed by atoms with Crippen LogP contribution in [-0.2, 0) is 4.84 Å². The summed E-state index contributed by atoms with van der Waals surface area (Å²) in [5.41, 5.74) is 3.12. The Labute approximate surface area is 110 Å². The summed E-state index contributed by atoms with van der Waals surface area (Å²) in [6.45, 7) is 2.71. The molecule has 0 spiro atoms. The fourth-order valence-electron chi connectivity index (χ4n) is 2.15. The van der Waals surface area contributed by atoms with Gasteiger partial charge in [0.2, 0.25) is 0 Å². The van der Waals surface area contributed by atoms with Crippen molar-refractivity contribution in [2.75, 3.05) is 24.9 Å². The molecule has 0 aliphatic carbocycles. The second-order valence-electron chi connectivity index (χ2n) is 4.13. The molecule has 0 aromatic carbocycles. The fraction of sp³-hybridized carbons (Fsp3) is 0.333. The zero-order valence-electron chi connectivity index (χ0n) is 10.5. The van der Waals surface area contributed by atoms with Gasteiger partial charge in [0.25, 0.3) is 0 Å². The van der Waals surface area contributed by atoms with Gasteiger partial charge in [0, 0.05) is 11.1 Å². The van der Waals surface area contributed by atoms with E-state index >= 15 is 0 Å². The molecule has 2 aliphatic heterocycles. The number of hydroxylamine groups is 2. The SMILES string of the molecule is CON1C=C2C=Nc3c(ncc(C)c3SC)N2C1. The van der Waals surface area contributed by atoms with Gasteiger partial charge in [-0.15, -0.1) is 11.8 Å². The van der Waals surface area contributed by atoms with E-state index in [1.807, 2.05) is 18.6 Å². The Morgan fingerprint density at radius 2 is 2.28 bits per heavy atom. The van der Waals surface area contributed by atoms with Crippen molar-refractivity contribution in [1.82, 2.24) is 10.0 Å². The number of hydrogen-bond donors (Lipinski definition) is 0. The lowest BCUT2D eigenvalue weighted by Gasteiger charge is -2.25. The molecule has 0 amide bonds. The van der Waals surface area contributed by atoms with Gasteiger partial charge in [-0.2, -0.15) is 0 Å². The largest absolute Gasteiger partial charge is 0.301 e. The normalized spacial score (nSPS) is 16.7. The van der Waals surface area contributed by atoms with E-state index in [0.717, 1.165) is 22.8 Å². The number of hydrogen-bond acceptors (Lipinski definition) is 6. The van der Waals surface area contributed by atoms with E-state index in [4.69, 9.17) is 4.84 Å². The van der Waals surface area contributed by atoms with Crippen LogP contribution in [0.4, 0.5) is 11.5 Å². The Morgan fingerprint density at radius 1 is 1.44 bits per heavy atom. The first-order chi connectivity index (χ1) is 8.74. The Balaban J connectivity index is 2.10. The van der Waals surface area contributed by atoms with Crippen LogP contribution in [0.5, 0.6) is 0 Å². The van der Waals surface area contributed by atoms with E-state index in [9.17, 15) is 0 Å². The van der Waals surface area contributed by atoms with Crippen molar-refractivity contribution < 1.29 is 4.84 Å². The lowest BCUT2D eigenvalue weighted by atomic mass is 10.2. The molecule has 0 radical (unpaired) electrons. The highest BCUT2D eigenvalue weighted by molar-refractivity contribution is 7.98. The van der Waals surface area contributed by atoms with Crippen LogP contribution in [0.25, 0.3) is 0 Å². The van der Waals surface area contributed by atoms with Crippen LogP contribution < -0.4 is 4.90 Å². The molecular weight excluding hydrogens is 248 g/mol. The van der Waals surface area contributed by atoms with Gasteiger partial charge >= 0.3 is 0 Å². The maximum absolute atomic E-state index is 5.22. The number of thioether (sulfide) groups is 1. The van der Waals surface area contributed by atoms with E-state index in [0.29, 0.717) is 6.67 Å². The number of pyridine rings is 1. The number of nitrogens with zero attached hydrogens (tertiary/aromatic N) is 4. The molecule has 0 unspecified atom stereocenters. The maximum Gasteiger partial charge on any atom is 0.161 e. The van der Waals surface area contributed by atoms with Gasteiger partial charge in [-0.05, 0) is 18.7 Å². The zero-order chi connectivity index (χ0) is 12.7. The van der Waals surface area contributed by atoms with Gasteiger partial charge < -0.3 is 4.90 Å². The molecule has 3 heterocycles. The van der Waals surface area contributed by atoms with Crippen molar-refractivity contribution in [3.8, 4) is 0 Å². The molecule has 0 saturated heterocycles. The monoisotopic (exact) mass is 262 g/mol. The van der Waals surface area contributed by atoms with Crippen LogP contribution in [0.1, 0.15) is 5.56 Å². The Morgan fingerprint density at radius 3 is 3.00 bits per heavy atom. The Kier molecular flexibility index (Phi) is 2.76. The van der Waals surface area contributed by atoms with Crippen LogP contribution >= 0.6 is 11.8 Å². The second-order valence-corrected chi connectivity index (χ2v) is 4.94. The van der Waals surface area contributed by atoms with Crippen LogP contribution in [-0.4, -0.2) is 36.3 Å². The van der Waals surface area contributed by atoms with E-state index in [1.165, 1.54) is 4.90 Å². The highest BCUT2D eigenvalue weighted by Crippen LogP contribution is 2.42. The third-order valence-electron chi connectivity index (χ3n) is 3.05. The molecule has 0 bridgehead atoms. The smallest absolute Gasteiger partial charge is 0.161 e. The predicted molar refractivity (Wildman–Crippen MR) is 73.2 cm³/mol. The second kappa shape index (κ2) is 4.29. The van der Waals surface area contributed by atoms with Gasteiger partial charge in [0.15, 0.2) is 5.82 Å². The Bertz CT molecular complexity index is 555. The summed E-state index contributed by atoms with van der Waals surface area (Å²) >= 11 is 1.71. The summed E-state index contributed by atoms with van der Waals surface area (Å²) in [5, 5.41) is 1.76. The molecule has 0 saturated carbocycles. The number of aliphatic imine (C=N–C) groups is 1. The molecule has 1 aromatic rings. The number of fused-ring (bicyclic) bond motifs is 3. The number of aromatic nitrogens is 1. The molecule has 0 N–H and O–H groups in total. The lowest BCUT2D eigenvalue weighted by molar-refractivity contribution is -0.0790. The lowest BCUT2D eigenvalue weighted by Crippen LogP contribution is -2.28. The maximum atomic E-state index is 5.22. The minimum Gasteiger partial charge on any atom is -0.301 e. The fourth-order valence-corrected chi connectivity index (χ4v) is 2.86. The first-order valence-corrected chi connectivity index (χ1v) is 6.85. The van der Waals surface area contributed by atoms with E-state index in [-0.39, 0.29) is 0 Å². The molecule has 0 atom stereocenters. The first kappa shape index (κ1) is 11.6. The van der Waals surface area contributed by atoms with E-state index < -0.39 is 0 Å². The first-order valence-electron chi connectivity index (χ1n) is 5.62. The van der Waals surface area contributed by atoms with Crippen LogP contribution in [0.2, 0.25) is 0 Å². The van der Waals surface area contributed by atoms with Gasteiger partial charge in [-0.25, -0.2) is 15.0 Å². The molecule has 94 valence electrons. The number of allylic oxidation sites excluding steroid dienone is 1. The van der Waals surface area contributed by atoms with E-state index in [2.05, 4.69) is 28.1 Å². The molecule has 0 fully saturated rings. The van der Waals surface area contributed by atoms with Crippen molar-refractivity contribution in [3.63, 3.8) is 0 Å². The van der Waals surface area contributed by atoms with E-state index in [1.54, 1.807) is 23.9 Å². The minimum absolute atomic E-state index is 0.648. The molecule has 1 aromatic heterocycles. The topological polar surface area (TPSA) is 41.0 Å². The van der Waals surface area contributed by atoms with Gasteiger partial charge in [-0.3, -0.25) is 4.84 Å². The molecule has 2 aliphatic rings. The predicted octanol–water partition coefficient (Wildman–Crippen LogP) is 2.31. The third kappa shape index (κ3) is 1.60. The van der Waals surface area contributed by atoms with Crippen molar-refractivity contribution >= 4 is 29.5 Å². The van der Waals surface area contributed by atoms with Crippen molar-refractivity contribution in [3.05, 3.63) is 23.7 Å². The Hall–Kier alpha value is -1.53.